The molecule has 0 aromatic heterocycles. The van der Waals surface area contributed by atoms with Crippen LogP contribution in [0.25, 0.3) is 0 Å². The number of hydrogen-bond donors (Lipinski definition) is 3. The zero-order valence-corrected chi connectivity index (χ0v) is 11.4. The lowest BCUT2D eigenvalue weighted by molar-refractivity contribution is 0.102. The molecule has 0 fully saturated rings. The predicted octanol–water partition coefficient (Wildman–Crippen LogP) is 2.89. The molecule has 0 aliphatic heterocycles. The first-order valence-electron chi connectivity index (χ1n) is 5.74. The van der Waals surface area contributed by atoms with Gasteiger partial charge < -0.3 is 20.9 Å². The number of anilines is 2. The number of methoxy groups -OCH3 is 1. The molecule has 0 saturated heterocycles. The van der Waals surface area contributed by atoms with E-state index in [2.05, 4.69) is 5.32 Å². The number of hydrogen-bond acceptors (Lipinski definition) is 4. The van der Waals surface area contributed by atoms with Gasteiger partial charge in [0.2, 0.25) is 0 Å². The standard InChI is InChI=1S/C14H13ClN2O3/c1-20-9-3-5-13(18)12(7-9)17-14(19)8-2-4-11(16)10(15)6-8/h2-7,18H,16H2,1H3,(H,17,19). The summed E-state index contributed by atoms with van der Waals surface area (Å²) >= 11 is 5.87. The molecule has 5 nitrogen and oxygen atoms in total. The Morgan fingerprint density at radius 2 is 2.05 bits per heavy atom. The van der Waals surface area contributed by atoms with Crippen LogP contribution < -0.4 is 15.8 Å². The highest BCUT2D eigenvalue weighted by Crippen LogP contribution is 2.28. The monoisotopic (exact) mass is 292 g/mol. The van der Waals surface area contributed by atoms with E-state index in [0.29, 0.717) is 22.0 Å². The van der Waals surface area contributed by atoms with Gasteiger partial charge in [-0.1, -0.05) is 11.6 Å². The van der Waals surface area contributed by atoms with Crippen LogP contribution in [-0.2, 0) is 0 Å². The molecule has 0 aliphatic rings. The number of halogens is 1. The van der Waals surface area contributed by atoms with Gasteiger partial charge >= 0.3 is 0 Å². The zero-order valence-electron chi connectivity index (χ0n) is 10.7. The molecule has 0 atom stereocenters. The molecule has 4 N–H and O–H groups in total. The Balaban J connectivity index is 2.25. The fraction of sp³-hybridized carbons (Fsp3) is 0.0714. The lowest BCUT2D eigenvalue weighted by atomic mass is 10.2. The van der Waals surface area contributed by atoms with Crippen LogP contribution in [0, 0.1) is 0 Å². The Bertz CT molecular complexity index is 659. The van der Waals surface area contributed by atoms with Gasteiger partial charge in [-0.05, 0) is 30.3 Å². The van der Waals surface area contributed by atoms with Gasteiger partial charge in [0, 0.05) is 11.6 Å². The van der Waals surface area contributed by atoms with E-state index in [-0.39, 0.29) is 11.4 Å². The van der Waals surface area contributed by atoms with Crippen molar-refractivity contribution in [3.63, 3.8) is 0 Å². The minimum absolute atomic E-state index is 0.0549. The molecule has 0 radical (unpaired) electrons. The van der Waals surface area contributed by atoms with E-state index in [1.54, 1.807) is 18.2 Å². The average Bonchev–Trinajstić information content (AvgIpc) is 2.44. The van der Waals surface area contributed by atoms with Crippen molar-refractivity contribution in [2.75, 3.05) is 18.2 Å². The molecule has 0 aliphatic carbocycles. The van der Waals surface area contributed by atoms with E-state index < -0.39 is 5.91 Å². The fourth-order valence-electron chi connectivity index (χ4n) is 1.61. The van der Waals surface area contributed by atoms with E-state index in [9.17, 15) is 9.90 Å². The van der Waals surface area contributed by atoms with Gasteiger partial charge in [0.1, 0.15) is 11.5 Å². The highest BCUT2D eigenvalue weighted by molar-refractivity contribution is 6.33. The van der Waals surface area contributed by atoms with E-state index in [4.69, 9.17) is 22.1 Å². The van der Waals surface area contributed by atoms with E-state index in [1.807, 2.05) is 0 Å². The van der Waals surface area contributed by atoms with Crippen molar-refractivity contribution >= 4 is 28.9 Å². The van der Waals surface area contributed by atoms with Crippen LogP contribution in [0.5, 0.6) is 11.5 Å². The molecule has 20 heavy (non-hydrogen) atoms. The van der Waals surface area contributed by atoms with Crippen molar-refractivity contribution in [2.45, 2.75) is 0 Å². The Morgan fingerprint density at radius 1 is 1.30 bits per heavy atom. The Hall–Kier alpha value is -2.40. The number of nitrogens with one attached hydrogen (secondary N) is 1. The number of carbonyl (C=O) groups excluding carboxylic acids is 1. The summed E-state index contributed by atoms with van der Waals surface area (Å²) in [5.41, 5.74) is 6.57. The number of amides is 1. The molecular weight excluding hydrogens is 280 g/mol. The summed E-state index contributed by atoms with van der Waals surface area (Å²) in [6.07, 6.45) is 0. The van der Waals surface area contributed by atoms with Crippen molar-refractivity contribution < 1.29 is 14.6 Å². The third kappa shape index (κ3) is 2.95. The van der Waals surface area contributed by atoms with Crippen molar-refractivity contribution in [1.82, 2.24) is 0 Å². The van der Waals surface area contributed by atoms with Crippen molar-refractivity contribution in [1.29, 1.82) is 0 Å². The summed E-state index contributed by atoms with van der Waals surface area (Å²) < 4.78 is 5.03. The SMILES string of the molecule is COc1ccc(O)c(NC(=O)c2ccc(N)c(Cl)c2)c1. The maximum Gasteiger partial charge on any atom is 0.255 e. The van der Waals surface area contributed by atoms with E-state index >= 15 is 0 Å². The maximum absolute atomic E-state index is 12.1. The van der Waals surface area contributed by atoms with Gasteiger partial charge in [0.15, 0.2) is 0 Å². The maximum atomic E-state index is 12.1. The van der Waals surface area contributed by atoms with E-state index in [1.165, 1.54) is 25.3 Å². The molecular formula is C14H13ClN2O3. The average molecular weight is 293 g/mol. The molecule has 0 bridgehead atoms. The topological polar surface area (TPSA) is 84.6 Å². The second kappa shape index (κ2) is 5.71. The first-order chi connectivity index (χ1) is 9.51. The van der Waals surface area contributed by atoms with Crippen LogP contribution in [-0.4, -0.2) is 18.1 Å². The largest absolute Gasteiger partial charge is 0.506 e. The third-order valence-electron chi connectivity index (χ3n) is 2.71. The first-order valence-corrected chi connectivity index (χ1v) is 6.12. The van der Waals surface area contributed by atoms with Gasteiger partial charge in [-0.3, -0.25) is 4.79 Å². The number of ether oxygens (including phenoxy) is 1. The second-order valence-electron chi connectivity index (χ2n) is 4.07. The third-order valence-corrected chi connectivity index (χ3v) is 3.04. The molecule has 104 valence electrons. The number of phenols is 1. The van der Waals surface area contributed by atoms with Crippen molar-refractivity contribution in [2.24, 2.45) is 0 Å². The molecule has 0 spiro atoms. The lowest BCUT2D eigenvalue weighted by Gasteiger charge is -2.09. The minimum Gasteiger partial charge on any atom is -0.506 e. The fourth-order valence-corrected chi connectivity index (χ4v) is 1.79. The van der Waals surface area contributed by atoms with Crippen LogP contribution in [0.3, 0.4) is 0 Å². The molecule has 2 aromatic rings. The lowest BCUT2D eigenvalue weighted by Crippen LogP contribution is -2.12. The summed E-state index contributed by atoms with van der Waals surface area (Å²) in [6.45, 7) is 0. The minimum atomic E-state index is -0.407. The van der Waals surface area contributed by atoms with Crippen molar-refractivity contribution in [3.8, 4) is 11.5 Å². The summed E-state index contributed by atoms with van der Waals surface area (Å²) in [6, 6.07) is 9.10. The number of aromatic hydroxyl groups is 1. The normalized spacial score (nSPS) is 10.1. The summed E-state index contributed by atoms with van der Waals surface area (Å²) in [5.74, 6) is 0.0598. The Labute approximate surface area is 120 Å². The molecule has 0 unspecified atom stereocenters. The van der Waals surface area contributed by atoms with Gasteiger partial charge in [0.25, 0.3) is 5.91 Å². The van der Waals surface area contributed by atoms with Crippen LogP contribution in [0.2, 0.25) is 5.02 Å². The van der Waals surface area contributed by atoms with Crippen LogP contribution in [0.4, 0.5) is 11.4 Å². The zero-order chi connectivity index (χ0) is 14.7. The second-order valence-corrected chi connectivity index (χ2v) is 4.48. The number of rotatable bonds is 3. The van der Waals surface area contributed by atoms with Crippen LogP contribution in [0.1, 0.15) is 10.4 Å². The van der Waals surface area contributed by atoms with Gasteiger partial charge in [-0.25, -0.2) is 0 Å². The molecule has 2 rings (SSSR count). The number of nitrogen functional groups attached to an aromatic ring is 1. The molecule has 2 aromatic carbocycles. The first kappa shape index (κ1) is 14.0. The highest BCUT2D eigenvalue weighted by Gasteiger charge is 2.11. The number of carbonyl (C=O) groups is 1. The number of phenolic OH excluding ortho intramolecular Hbond substituents is 1. The van der Waals surface area contributed by atoms with Crippen LogP contribution >= 0.6 is 11.6 Å². The summed E-state index contributed by atoms with van der Waals surface area (Å²) in [5, 5.41) is 12.6. The van der Waals surface area contributed by atoms with Gasteiger partial charge in [0.05, 0.1) is 23.5 Å². The molecule has 6 heteroatoms. The molecule has 1 amide bonds. The summed E-state index contributed by atoms with van der Waals surface area (Å²) in [4.78, 5) is 12.1. The quantitative estimate of drug-likeness (QED) is 0.600. The molecule has 0 heterocycles. The van der Waals surface area contributed by atoms with Crippen molar-refractivity contribution in [3.05, 3.63) is 47.0 Å². The van der Waals surface area contributed by atoms with E-state index in [0.717, 1.165) is 0 Å². The number of benzene rings is 2. The Morgan fingerprint density at radius 3 is 2.70 bits per heavy atom. The predicted molar refractivity (Wildman–Crippen MR) is 78.5 cm³/mol. The molecule has 0 saturated carbocycles. The highest BCUT2D eigenvalue weighted by atomic mass is 35.5. The smallest absolute Gasteiger partial charge is 0.255 e. The Kier molecular flexibility index (Phi) is 4.00. The summed E-state index contributed by atoms with van der Waals surface area (Å²) in [7, 11) is 1.50. The van der Waals surface area contributed by atoms with Gasteiger partial charge in [-0.2, -0.15) is 0 Å². The van der Waals surface area contributed by atoms with Gasteiger partial charge in [-0.15, -0.1) is 0 Å². The van der Waals surface area contributed by atoms with Crippen LogP contribution in [0.15, 0.2) is 36.4 Å². The number of nitrogens with two attached hydrogens (primary N) is 1.